The monoisotopic (exact) mass is 281 g/mol. The van der Waals surface area contributed by atoms with Crippen LogP contribution in [0.25, 0.3) is 6.08 Å². The molecule has 0 aliphatic rings. The van der Waals surface area contributed by atoms with Crippen LogP contribution in [0, 0.1) is 0 Å². The third-order valence-corrected chi connectivity index (χ3v) is 2.64. The molecule has 20 heavy (non-hydrogen) atoms. The van der Waals surface area contributed by atoms with E-state index in [-0.39, 0.29) is 25.1 Å². The molecule has 0 radical (unpaired) electrons. The maximum absolute atomic E-state index is 11.2. The summed E-state index contributed by atoms with van der Waals surface area (Å²) in [5.74, 6) is -0.408. The second kappa shape index (κ2) is 8.31. The summed E-state index contributed by atoms with van der Waals surface area (Å²) in [6.45, 7) is 0.0816. The van der Waals surface area contributed by atoms with E-state index >= 15 is 0 Å². The van der Waals surface area contributed by atoms with Gasteiger partial charge in [0.25, 0.3) is 0 Å². The quantitative estimate of drug-likeness (QED) is 0.408. The van der Waals surface area contributed by atoms with Crippen LogP contribution in [0.1, 0.15) is 12.0 Å². The minimum atomic E-state index is -1.09. The summed E-state index contributed by atoms with van der Waals surface area (Å²) < 4.78 is 5.02. The number of rotatable bonds is 8. The van der Waals surface area contributed by atoms with Gasteiger partial charge in [0.05, 0.1) is 13.7 Å². The zero-order chi connectivity index (χ0) is 15.0. The lowest BCUT2D eigenvalue weighted by Gasteiger charge is -2.12. The number of aliphatic hydroxyl groups is 2. The largest absolute Gasteiger partial charge is 0.497 e. The molecule has 1 unspecified atom stereocenters. The first-order valence-electron chi connectivity index (χ1n) is 6.17. The summed E-state index contributed by atoms with van der Waals surface area (Å²) in [5.41, 5.74) is 0.783. The molecule has 0 amide bonds. The molecular formula is C14H19NO5. The summed E-state index contributed by atoms with van der Waals surface area (Å²) in [4.78, 5) is 11.2. The van der Waals surface area contributed by atoms with E-state index in [1.54, 1.807) is 31.4 Å². The van der Waals surface area contributed by atoms with Gasteiger partial charge in [0.15, 0.2) is 0 Å². The van der Waals surface area contributed by atoms with Crippen molar-refractivity contribution in [2.24, 2.45) is 0 Å². The highest BCUT2D eigenvalue weighted by atomic mass is 16.5. The topological polar surface area (TPSA) is 99.0 Å². The van der Waals surface area contributed by atoms with Crippen molar-refractivity contribution in [2.45, 2.75) is 12.6 Å². The summed E-state index contributed by atoms with van der Waals surface area (Å²) >= 11 is 0. The Bertz CT molecular complexity index is 455. The summed E-state index contributed by atoms with van der Waals surface area (Å²) in [5, 5.41) is 30.0. The fourth-order valence-corrected chi connectivity index (χ4v) is 1.62. The van der Waals surface area contributed by atoms with Crippen LogP contribution in [0.2, 0.25) is 0 Å². The summed E-state index contributed by atoms with van der Waals surface area (Å²) in [6.07, 6.45) is 0.426. The van der Waals surface area contributed by atoms with Crippen molar-refractivity contribution < 1.29 is 24.9 Å². The summed E-state index contributed by atoms with van der Waals surface area (Å²) in [7, 11) is 1.55. The maximum Gasteiger partial charge on any atom is 0.331 e. The SMILES string of the molecule is COc1ccc(C=C(CC(O)NCCO)C(=O)O)cc1. The molecule has 6 heteroatoms. The lowest BCUT2D eigenvalue weighted by atomic mass is 10.1. The first-order chi connectivity index (χ1) is 9.56. The first kappa shape index (κ1) is 16.2. The van der Waals surface area contributed by atoms with Crippen molar-refractivity contribution >= 4 is 12.0 Å². The minimum Gasteiger partial charge on any atom is -0.497 e. The predicted octanol–water partition coefficient (Wildman–Crippen LogP) is 0.454. The molecule has 0 heterocycles. The number of carboxylic acids is 1. The lowest BCUT2D eigenvalue weighted by Crippen LogP contribution is -2.32. The zero-order valence-electron chi connectivity index (χ0n) is 11.2. The number of carbonyl (C=O) groups is 1. The molecule has 0 aliphatic heterocycles. The van der Waals surface area contributed by atoms with E-state index in [0.717, 1.165) is 0 Å². The summed E-state index contributed by atoms with van der Waals surface area (Å²) in [6, 6.07) is 6.92. The molecule has 0 aromatic heterocycles. The van der Waals surface area contributed by atoms with Gasteiger partial charge in [-0.15, -0.1) is 0 Å². The van der Waals surface area contributed by atoms with Crippen molar-refractivity contribution in [3.63, 3.8) is 0 Å². The Kier molecular flexibility index (Phi) is 6.72. The number of hydrogen-bond acceptors (Lipinski definition) is 5. The number of ether oxygens (including phenoxy) is 1. The molecular weight excluding hydrogens is 262 g/mol. The van der Waals surface area contributed by atoms with Crippen molar-refractivity contribution in [1.29, 1.82) is 0 Å². The second-order valence-corrected chi connectivity index (χ2v) is 4.15. The van der Waals surface area contributed by atoms with Crippen LogP contribution in [0.15, 0.2) is 29.8 Å². The van der Waals surface area contributed by atoms with E-state index in [4.69, 9.17) is 14.9 Å². The Labute approximate surface area is 117 Å². The molecule has 1 atom stereocenters. The number of aliphatic hydroxyl groups excluding tert-OH is 2. The van der Waals surface area contributed by atoms with E-state index in [9.17, 15) is 9.90 Å². The fraction of sp³-hybridized carbons (Fsp3) is 0.357. The van der Waals surface area contributed by atoms with Gasteiger partial charge in [-0.05, 0) is 23.8 Å². The number of methoxy groups -OCH3 is 1. The Morgan fingerprint density at radius 3 is 2.55 bits per heavy atom. The highest BCUT2D eigenvalue weighted by molar-refractivity contribution is 5.92. The molecule has 6 nitrogen and oxygen atoms in total. The lowest BCUT2D eigenvalue weighted by molar-refractivity contribution is -0.133. The zero-order valence-corrected chi connectivity index (χ0v) is 11.2. The molecule has 0 bridgehead atoms. The van der Waals surface area contributed by atoms with Gasteiger partial charge in [-0.3, -0.25) is 5.32 Å². The van der Waals surface area contributed by atoms with E-state index < -0.39 is 12.2 Å². The molecule has 0 spiro atoms. The number of nitrogens with one attached hydrogen (secondary N) is 1. The van der Waals surface area contributed by atoms with Gasteiger partial charge >= 0.3 is 5.97 Å². The Morgan fingerprint density at radius 2 is 2.05 bits per heavy atom. The Hall–Kier alpha value is -1.89. The van der Waals surface area contributed by atoms with E-state index in [1.165, 1.54) is 6.08 Å². The van der Waals surface area contributed by atoms with Gasteiger partial charge in [-0.1, -0.05) is 12.1 Å². The third kappa shape index (κ3) is 5.40. The molecule has 1 aromatic carbocycles. The van der Waals surface area contributed by atoms with Crippen molar-refractivity contribution in [2.75, 3.05) is 20.3 Å². The van der Waals surface area contributed by atoms with Gasteiger partial charge < -0.3 is 20.1 Å². The van der Waals surface area contributed by atoms with Gasteiger partial charge in [0, 0.05) is 18.5 Å². The van der Waals surface area contributed by atoms with Crippen LogP contribution in [0.4, 0.5) is 0 Å². The van der Waals surface area contributed by atoms with Gasteiger partial charge in [-0.25, -0.2) is 4.79 Å². The normalized spacial score (nSPS) is 13.1. The first-order valence-corrected chi connectivity index (χ1v) is 6.17. The molecule has 0 fully saturated rings. The molecule has 1 aromatic rings. The average Bonchev–Trinajstić information content (AvgIpc) is 2.45. The standard InChI is InChI=1S/C14H19NO5/c1-20-12-4-2-10(3-5-12)8-11(14(18)19)9-13(17)15-6-7-16/h2-5,8,13,15-17H,6-7,9H2,1H3,(H,18,19). The van der Waals surface area contributed by atoms with E-state index in [1.807, 2.05) is 0 Å². The minimum absolute atomic E-state index is 0.0542. The second-order valence-electron chi connectivity index (χ2n) is 4.15. The average molecular weight is 281 g/mol. The van der Waals surface area contributed by atoms with Crippen LogP contribution in [0.5, 0.6) is 5.75 Å². The van der Waals surface area contributed by atoms with Crippen LogP contribution in [-0.2, 0) is 4.79 Å². The molecule has 110 valence electrons. The Balaban J connectivity index is 2.78. The van der Waals surface area contributed by atoms with Crippen LogP contribution in [0.3, 0.4) is 0 Å². The van der Waals surface area contributed by atoms with Crippen LogP contribution < -0.4 is 10.1 Å². The number of carboxylic acid groups (broad SMARTS) is 1. The molecule has 0 saturated heterocycles. The Morgan fingerprint density at radius 1 is 1.40 bits per heavy atom. The predicted molar refractivity (Wildman–Crippen MR) is 74.3 cm³/mol. The maximum atomic E-state index is 11.2. The van der Waals surface area contributed by atoms with Crippen LogP contribution in [-0.4, -0.2) is 47.8 Å². The van der Waals surface area contributed by atoms with Gasteiger partial charge in [0.2, 0.25) is 0 Å². The molecule has 0 saturated carbocycles. The van der Waals surface area contributed by atoms with E-state index in [2.05, 4.69) is 5.32 Å². The fourth-order valence-electron chi connectivity index (χ4n) is 1.62. The van der Waals surface area contributed by atoms with E-state index in [0.29, 0.717) is 11.3 Å². The van der Waals surface area contributed by atoms with Crippen molar-refractivity contribution in [1.82, 2.24) is 5.32 Å². The highest BCUT2D eigenvalue weighted by Crippen LogP contribution is 2.16. The van der Waals surface area contributed by atoms with Gasteiger partial charge in [0.1, 0.15) is 12.0 Å². The van der Waals surface area contributed by atoms with Crippen molar-refractivity contribution in [3.8, 4) is 5.75 Å². The number of hydrogen-bond donors (Lipinski definition) is 4. The molecule has 4 N–H and O–H groups in total. The molecule has 0 aliphatic carbocycles. The number of benzene rings is 1. The third-order valence-electron chi connectivity index (χ3n) is 2.64. The van der Waals surface area contributed by atoms with Gasteiger partial charge in [-0.2, -0.15) is 0 Å². The molecule has 1 rings (SSSR count). The smallest absolute Gasteiger partial charge is 0.331 e. The number of aliphatic carboxylic acids is 1. The highest BCUT2D eigenvalue weighted by Gasteiger charge is 2.13. The van der Waals surface area contributed by atoms with Crippen LogP contribution >= 0.6 is 0 Å². The van der Waals surface area contributed by atoms with Crippen molar-refractivity contribution in [3.05, 3.63) is 35.4 Å².